The van der Waals surface area contributed by atoms with Crippen LogP contribution in [-0.4, -0.2) is 38.2 Å². The molecule has 0 aliphatic carbocycles. The van der Waals surface area contributed by atoms with Crippen molar-refractivity contribution < 1.29 is 28.5 Å². The average Bonchev–Trinajstić information content (AvgIpc) is 3.09. The van der Waals surface area contributed by atoms with Gasteiger partial charge in [-0.05, 0) is 87.4 Å². The number of hydrogen-bond acceptors (Lipinski definition) is 7. The second-order valence-corrected chi connectivity index (χ2v) is 7.99. The Hall–Kier alpha value is -2.40. The van der Waals surface area contributed by atoms with Crippen molar-refractivity contribution in [2.24, 2.45) is 4.99 Å². The van der Waals surface area contributed by atoms with Crippen molar-refractivity contribution in [1.29, 1.82) is 0 Å². The molecule has 30 heavy (non-hydrogen) atoms. The summed E-state index contributed by atoms with van der Waals surface area (Å²) in [6.45, 7) is 2.00. The van der Waals surface area contributed by atoms with Gasteiger partial charge in [-0.2, -0.15) is 0 Å². The third-order valence-corrected chi connectivity index (χ3v) is 6.27. The summed E-state index contributed by atoms with van der Waals surface area (Å²) in [4.78, 5) is 27.9. The number of rotatable bonds is 7. The van der Waals surface area contributed by atoms with Crippen molar-refractivity contribution >= 4 is 62.4 Å². The van der Waals surface area contributed by atoms with Crippen molar-refractivity contribution in [2.75, 3.05) is 20.3 Å². The Kier molecular flexibility index (Phi) is 7.48. The summed E-state index contributed by atoms with van der Waals surface area (Å²) in [7, 11) is 1.29. The molecule has 0 bridgehead atoms. The molecule has 9 heteroatoms. The first-order valence-electron chi connectivity index (χ1n) is 8.85. The Morgan fingerprint density at radius 1 is 1.20 bits per heavy atom. The number of methoxy groups -OCH3 is 1. The Morgan fingerprint density at radius 2 is 2.00 bits per heavy atom. The predicted molar refractivity (Wildman–Crippen MR) is 123 cm³/mol. The third kappa shape index (κ3) is 5.39. The van der Waals surface area contributed by atoms with Gasteiger partial charge in [-0.25, -0.2) is 14.6 Å². The standard InChI is InChI=1S/C21H17BrINO6/c1-3-28-18-9-12(4-7-17(18)29-11-19(25)27-2)8-16-21(26)30-20(24-16)13-5-6-15(23)14(22)10-13/h4-10H,3,11H2,1-2H3/b16-8-. The quantitative estimate of drug-likeness (QED) is 0.273. The van der Waals surface area contributed by atoms with E-state index < -0.39 is 11.9 Å². The van der Waals surface area contributed by atoms with Gasteiger partial charge in [0.25, 0.3) is 0 Å². The molecule has 156 valence electrons. The minimum Gasteiger partial charge on any atom is -0.490 e. The normalized spacial score (nSPS) is 14.3. The fourth-order valence-corrected chi connectivity index (χ4v) is 3.23. The van der Waals surface area contributed by atoms with E-state index in [-0.39, 0.29) is 18.2 Å². The first-order valence-corrected chi connectivity index (χ1v) is 10.7. The zero-order valence-corrected chi connectivity index (χ0v) is 19.9. The Bertz CT molecular complexity index is 1050. The van der Waals surface area contributed by atoms with E-state index in [0.29, 0.717) is 29.2 Å². The van der Waals surface area contributed by atoms with E-state index in [1.54, 1.807) is 24.3 Å². The summed E-state index contributed by atoms with van der Waals surface area (Å²) in [6.07, 6.45) is 1.60. The highest BCUT2D eigenvalue weighted by molar-refractivity contribution is 14.1. The molecule has 0 unspecified atom stereocenters. The summed E-state index contributed by atoms with van der Waals surface area (Å²) < 4.78 is 22.8. The number of nitrogens with zero attached hydrogens (tertiary/aromatic N) is 1. The van der Waals surface area contributed by atoms with E-state index in [0.717, 1.165) is 8.04 Å². The van der Waals surface area contributed by atoms with Gasteiger partial charge in [0.05, 0.1) is 13.7 Å². The van der Waals surface area contributed by atoms with Crippen LogP contribution in [0.3, 0.4) is 0 Å². The van der Waals surface area contributed by atoms with Gasteiger partial charge in [0, 0.05) is 13.6 Å². The SMILES string of the molecule is CCOc1cc(/C=C2\N=C(c3ccc(I)c(Br)c3)OC2=O)ccc1OCC(=O)OC. The number of ether oxygens (including phenoxy) is 4. The molecule has 0 atom stereocenters. The van der Waals surface area contributed by atoms with Crippen LogP contribution in [0.5, 0.6) is 11.5 Å². The maximum atomic E-state index is 12.3. The van der Waals surface area contributed by atoms with Gasteiger partial charge in [0.1, 0.15) is 0 Å². The summed E-state index contributed by atoms with van der Waals surface area (Å²) in [5, 5.41) is 0. The molecule has 7 nitrogen and oxygen atoms in total. The molecule has 2 aromatic rings. The Labute approximate surface area is 195 Å². The molecule has 0 saturated heterocycles. The number of esters is 2. The second kappa shape index (κ2) is 10.1. The minimum atomic E-state index is -0.538. The highest BCUT2D eigenvalue weighted by Gasteiger charge is 2.24. The minimum absolute atomic E-state index is 0.172. The first-order chi connectivity index (χ1) is 14.4. The molecule has 1 aliphatic rings. The zero-order valence-electron chi connectivity index (χ0n) is 16.1. The molecule has 0 N–H and O–H groups in total. The van der Waals surface area contributed by atoms with Gasteiger partial charge in [0.15, 0.2) is 23.8 Å². The molecule has 0 saturated carbocycles. The van der Waals surface area contributed by atoms with Gasteiger partial charge in [-0.15, -0.1) is 0 Å². The maximum Gasteiger partial charge on any atom is 0.363 e. The second-order valence-electron chi connectivity index (χ2n) is 5.97. The highest BCUT2D eigenvalue weighted by Crippen LogP contribution is 2.30. The number of carbonyl (C=O) groups is 2. The van der Waals surface area contributed by atoms with E-state index in [9.17, 15) is 9.59 Å². The van der Waals surface area contributed by atoms with Gasteiger partial charge >= 0.3 is 11.9 Å². The van der Waals surface area contributed by atoms with Crippen molar-refractivity contribution in [3.63, 3.8) is 0 Å². The highest BCUT2D eigenvalue weighted by atomic mass is 127. The number of cyclic esters (lactones) is 1. The molecule has 1 heterocycles. The van der Waals surface area contributed by atoms with E-state index >= 15 is 0 Å². The van der Waals surface area contributed by atoms with Gasteiger partial charge in [-0.1, -0.05) is 6.07 Å². The number of hydrogen-bond donors (Lipinski definition) is 0. The number of benzene rings is 2. The molecule has 0 amide bonds. The zero-order chi connectivity index (χ0) is 21.7. The third-order valence-electron chi connectivity index (χ3n) is 3.93. The Morgan fingerprint density at radius 3 is 2.70 bits per heavy atom. The molecule has 0 aromatic heterocycles. The average molecular weight is 586 g/mol. The molecule has 2 aromatic carbocycles. The lowest BCUT2D eigenvalue weighted by Gasteiger charge is -2.11. The van der Waals surface area contributed by atoms with Crippen LogP contribution in [0.25, 0.3) is 6.08 Å². The van der Waals surface area contributed by atoms with Crippen LogP contribution in [0.4, 0.5) is 0 Å². The van der Waals surface area contributed by atoms with Gasteiger partial charge < -0.3 is 18.9 Å². The van der Waals surface area contributed by atoms with Gasteiger partial charge in [0.2, 0.25) is 5.90 Å². The largest absolute Gasteiger partial charge is 0.490 e. The summed E-state index contributed by atoms with van der Waals surface area (Å²) in [5.41, 5.74) is 1.54. The first kappa shape index (κ1) is 22.3. The molecule has 1 aliphatic heterocycles. The van der Waals surface area contributed by atoms with Gasteiger partial charge in [-0.3, -0.25) is 0 Å². The predicted octanol–water partition coefficient (Wildman–Crippen LogP) is 4.35. The maximum absolute atomic E-state index is 12.3. The summed E-state index contributed by atoms with van der Waals surface area (Å²) in [5.74, 6) is 0.0377. The number of carbonyl (C=O) groups excluding carboxylic acids is 2. The van der Waals surface area contributed by atoms with Crippen LogP contribution in [0.15, 0.2) is 51.6 Å². The summed E-state index contributed by atoms with van der Waals surface area (Å²) in [6, 6.07) is 10.7. The van der Waals surface area contributed by atoms with E-state index in [4.69, 9.17) is 14.2 Å². The summed E-state index contributed by atoms with van der Waals surface area (Å²) >= 11 is 5.66. The smallest absolute Gasteiger partial charge is 0.363 e. The molecule has 0 fully saturated rings. The van der Waals surface area contributed by atoms with Crippen LogP contribution < -0.4 is 9.47 Å². The van der Waals surface area contributed by atoms with E-state index in [1.165, 1.54) is 7.11 Å². The van der Waals surface area contributed by atoms with E-state index in [2.05, 4.69) is 48.3 Å². The van der Waals surface area contributed by atoms with Crippen LogP contribution in [0, 0.1) is 3.57 Å². The molecule has 0 spiro atoms. The number of halogens is 2. The fraction of sp³-hybridized carbons (Fsp3) is 0.190. The topological polar surface area (TPSA) is 83.4 Å². The molecule has 3 rings (SSSR count). The molecular weight excluding hydrogens is 569 g/mol. The van der Waals surface area contributed by atoms with Crippen LogP contribution in [0.1, 0.15) is 18.1 Å². The van der Waals surface area contributed by atoms with Crippen LogP contribution in [0.2, 0.25) is 0 Å². The number of aliphatic imine (C=N–C) groups is 1. The molecular formula is C21H17BrINO6. The van der Waals surface area contributed by atoms with Crippen molar-refractivity contribution in [3.8, 4) is 11.5 Å². The van der Waals surface area contributed by atoms with Crippen molar-refractivity contribution in [2.45, 2.75) is 6.92 Å². The van der Waals surface area contributed by atoms with Crippen molar-refractivity contribution in [3.05, 3.63) is 61.3 Å². The fourth-order valence-electron chi connectivity index (χ4n) is 2.52. The lowest BCUT2D eigenvalue weighted by Crippen LogP contribution is -2.13. The monoisotopic (exact) mass is 585 g/mol. The van der Waals surface area contributed by atoms with E-state index in [1.807, 2.05) is 25.1 Å². The van der Waals surface area contributed by atoms with Crippen molar-refractivity contribution in [1.82, 2.24) is 0 Å². The lowest BCUT2D eigenvalue weighted by atomic mass is 10.1. The van der Waals surface area contributed by atoms with Crippen LogP contribution in [-0.2, 0) is 19.1 Å². The molecule has 0 radical (unpaired) electrons. The van der Waals surface area contributed by atoms with Crippen LogP contribution >= 0.6 is 38.5 Å². The lowest BCUT2D eigenvalue weighted by molar-refractivity contribution is -0.143. The Balaban J connectivity index is 1.86.